The van der Waals surface area contributed by atoms with Crippen molar-refractivity contribution in [3.63, 3.8) is 0 Å². The molecule has 0 rings (SSSR count). The van der Waals surface area contributed by atoms with Crippen LogP contribution in [-0.4, -0.2) is 73.4 Å². The van der Waals surface area contributed by atoms with Gasteiger partial charge in [-0.15, -0.1) is 0 Å². The van der Waals surface area contributed by atoms with Gasteiger partial charge in [0, 0.05) is 6.42 Å². The molecular formula is C56H110N2O6P+. The molecule has 0 aliphatic rings. The number of amides is 1. The first kappa shape index (κ1) is 63.7. The average molecular weight is 938 g/mol. The Morgan fingerprint density at radius 2 is 0.877 bits per heavy atom. The molecule has 0 spiro atoms. The second kappa shape index (κ2) is 47.8. The van der Waals surface area contributed by atoms with E-state index in [2.05, 4.69) is 43.5 Å². The summed E-state index contributed by atoms with van der Waals surface area (Å²) in [6, 6.07) is -0.845. The molecule has 1 amide bonds. The number of quaternary nitrogens is 1. The summed E-state index contributed by atoms with van der Waals surface area (Å²) in [6.07, 6.45) is 60.9. The lowest BCUT2D eigenvalue weighted by molar-refractivity contribution is -0.870. The van der Waals surface area contributed by atoms with Gasteiger partial charge in [0.2, 0.25) is 5.91 Å². The lowest BCUT2D eigenvalue weighted by atomic mass is 10.0. The number of phosphoric ester groups is 1. The second-order valence-corrected chi connectivity index (χ2v) is 21.8. The number of allylic oxidation sites excluding steroid dienone is 5. The van der Waals surface area contributed by atoms with E-state index in [-0.39, 0.29) is 19.1 Å². The van der Waals surface area contributed by atoms with Gasteiger partial charge in [0.05, 0.1) is 39.9 Å². The lowest BCUT2D eigenvalue weighted by Crippen LogP contribution is -2.45. The quantitative estimate of drug-likeness (QED) is 0.0243. The van der Waals surface area contributed by atoms with E-state index < -0.39 is 20.0 Å². The fourth-order valence-electron chi connectivity index (χ4n) is 8.19. The van der Waals surface area contributed by atoms with Crippen LogP contribution >= 0.6 is 7.82 Å². The van der Waals surface area contributed by atoms with Crippen molar-refractivity contribution in [2.75, 3.05) is 40.9 Å². The molecular weight excluding hydrogens is 828 g/mol. The van der Waals surface area contributed by atoms with Crippen LogP contribution in [0.3, 0.4) is 0 Å². The van der Waals surface area contributed by atoms with Crippen molar-refractivity contribution in [2.45, 2.75) is 276 Å². The maximum absolute atomic E-state index is 13.0. The van der Waals surface area contributed by atoms with Gasteiger partial charge in [-0.05, 0) is 51.4 Å². The highest BCUT2D eigenvalue weighted by atomic mass is 31.2. The Labute approximate surface area is 404 Å². The highest BCUT2D eigenvalue weighted by molar-refractivity contribution is 7.47. The molecule has 3 atom stereocenters. The second-order valence-electron chi connectivity index (χ2n) is 20.3. The smallest absolute Gasteiger partial charge is 0.387 e. The van der Waals surface area contributed by atoms with E-state index >= 15 is 0 Å². The molecule has 0 aromatic carbocycles. The number of phosphoric acid groups is 1. The van der Waals surface area contributed by atoms with Gasteiger partial charge < -0.3 is 19.8 Å². The van der Waals surface area contributed by atoms with Gasteiger partial charge in [0.25, 0.3) is 0 Å². The number of unbranched alkanes of at least 4 members (excludes halogenated alkanes) is 34. The van der Waals surface area contributed by atoms with Crippen LogP contribution in [0.25, 0.3) is 0 Å². The molecule has 65 heavy (non-hydrogen) atoms. The van der Waals surface area contributed by atoms with E-state index in [9.17, 15) is 19.4 Å². The highest BCUT2D eigenvalue weighted by Crippen LogP contribution is 2.43. The number of hydrogen-bond donors (Lipinski definition) is 3. The summed E-state index contributed by atoms with van der Waals surface area (Å²) in [6.45, 7) is 4.83. The number of nitrogens with zero attached hydrogens (tertiary/aromatic N) is 1. The van der Waals surface area contributed by atoms with E-state index in [1.165, 1.54) is 199 Å². The minimum Gasteiger partial charge on any atom is -0.387 e. The van der Waals surface area contributed by atoms with Gasteiger partial charge >= 0.3 is 7.82 Å². The van der Waals surface area contributed by atoms with Crippen molar-refractivity contribution in [3.8, 4) is 0 Å². The van der Waals surface area contributed by atoms with Crippen molar-refractivity contribution < 1.29 is 32.9 Å². The number of rotatable bonds is 51. The van der Waals surface area contributed by atoms with Crippen LogP contribution in [0.15, 0.2) is 36.5 Å². The third-order valence-electron chi connectivity index (χ3n) is 12.6. The van der Waals surface area contributed by atoms with Crippen molar-refractivity contribution in [1.29, 1.82) is 0 Å². The number of carbonyl (C=O) groups excluding carboxylic acids is 1. The van der Waals surface area contributed by atoms with Crippen LogP contribution in [0, 0.1) is 0 Å². The first-order valence-corrected chi connectivity index (χ1v) is 29.4. The lowest BCUT2D eigenvalue weighted by Gasteiger charge is -2.25. The van der Waals surface area contributed by atoms with Gasteiger partial charge in [0.15, 0.2) is 0 Å². The first-order chi connectivity index (χ1) is 31.5. The molecule has 0 radical (unpaired) electrons. The Bertz CT molecular complexity index is 1150. The van der Waals surface area contributed by atoms with Crippen LogP contribution in [0.1, 0.15) is 264 Å². The van der Waals surface area contributed by atoms with Crippen LogP contribution in [-0.2, 0) is 18.4 Å². The van der Waals surface area contributed by atoms with Crippen LogP contribution in [0.4, 0.5) is 0 Å². The topological polar surface area (TPSA) is 105 Å². The molecule has 0 aliphatic carbocycles. The van der Waals surface area contributed by atoms with Gasteiger partial charge in [-0.3, -0.25) is 13.8 Å². The molecule has 9 heteroatoms. The minimum atomic E-state index is -4.34. The number of carbonyl (C=O) groups is 1. The predicted molar refractivity (Wildman–Crippen MR) is 281 cm³/mol. The van der Waals surface area contributed by atoms with E-state index in [1.807, 2.05) is 27.2 Å². The molecule has 3 N–H and O–H groups in total. The Balaban J connectivity index is 4.16. The Morgan fingerprint density at radius 3 is 1.26 bits per heavy atom. The van der Waals surface area contributed by atoms with Gasteiger partial charge in [-0.25, -0.2) is 4.57 Å². The maximum Gasteiger partial charge on any atom is 0.472 e. The SMILES string of the molecule is CCCCCCC/C=C\C/C=C\CCCCCCCCCCCCCCCCCC(=O)NC(COP(=O)(O)OCC[N+](C)(C)C)C(O)/C=C/CCCCCCCCCCCCCCCC. The summed E-state index contributed by atoms with van der Waals surface area (Å²) in [7, 11) is 1.58. The van der Waals surface area contributed by atoms with Crippen molar-refractivity contribution in [1.82, 2.24) is 5.32 Å². The summed E-state index contributed by atoms with van der Waals surface area (Å²) in [5.74, 6) is -0.175. The molecule has 0 bridgehead atoms. The molecule has 0 aromatic heterocycles. The number of nitrogens with one attached hydrogen (secondary N) is 1. The zero-order valence-electron chi connectivity index (χ0n) is 43.7. The van der Waals surface area contributed by atoms with E-state index in [0.29, 0.717) is 17.4 Å². The molecule has 0 saturated carbocycles. The van der Waals surface area contributed by atoms with Gasteiger partial charge in [-0.2, -0.15) is 0 Å². The summed E-state index contributed by atoms with van der Waals surface area (Å²) >= 11 is 0. The maximum atomic E-state index is 13.0. The average Bonchev–Trinajstić information content (AvgIpc) is 3.26. The molecule has 0 heterocycles. The third kappa shape index (κ3) is 50.4. The van der Waals surface area contributed by atoms with Crippen molar-refractivity contribution >= 4 is 13.7 Å². The molecule has 0 aliphatic heterocycles. The van der Waals surface area contributed by atoms with Gasteiger partial charge in [-0.1, -0.05) is 243 Å². The summed E-state index contributed by atoms with van der Waals surface area (Å²) in [4.78, 5) is 23.3. The molecule has 384 valence electrons. The minimum absolute atomic E-state index is 0.0625. The van der Waals surface area contributed by atoms with Crippen molar-refractivity contribution in [2.24, 2.45) is 0 Å². The monoisotopic (exact) mass is 938 g/mol. The summed E-state index contributed by atoms with van der Waals surface area (Å²) in [5.41, 5.74) is 0. The van der Waals surface area contributed by atoms with Crippen LogP contribution < -0.4 is 5.32 Å². The fraction of sp³-hybridized carbons (Fsp3) is 0.875. The number of aliphatic hydroxyl groups is 1. The summed E-state index contributed by atoms with van der Waals surface area (Å²) in [5, 5.41) is 13.9. The van der Waals surface area contributed by atoms with E-state index in [1.54, 1.807) is 6.08 Å². The molecule has 0 saturated heterocycles. The van der Waals surface area contributed by atoms with E-state index in [0.717, 1.165) is 44.9 Å². The largest absolute Gasteiger partial charge is 0.472 e. The highest BCUT2D eigenvalue weighted by Gasteiger charge is 2.27. The first-order valence-electron chi connectivity index (χ1n) is 27.9. The fourth-order valence-corrected chi connectivity index (χ4v) is 8.93. The Hall–Kier alpha value is -1.28. The molecule has 0 aromatic rings. The van der Waals surface area contributed by atoms with Gasteiger partial charge in [0.1, 0.15) is 13.2 Å². The standard InChI is InChI=1S/C56H109N2O6P/c1-6-8-10-12-14-16-18-20-22-24-25-26-27-28-29-30-31-32-33-34-36-38-40-42-44-46-48-50-56(60)57-54(53-64-65(61,62)63-52-51-58(3,4)5)55(59)49-47-45-43-41-39-37-35-23-21-19-17-15-13-11-9-7-2/h18,20,24-25,47,49,54-55,59H,6-17,19,21-23,26-46,48,50-53H2,1-5H3,(H-,57,60,61,62)/p+1/b20-18-,25-24-,49-47+. The molecule has 0 fully saturated rings. The Morgan fingerprint density at radius 1 is 0.523 bits per heavy atom. The number of aliphatic hydroxyl groups excluding tert-OH is 1. The molecule has 8 nitrogen and oxygen atoms in total. The summed E-state index contributed by atoms with van der Waals surface area (Å²) < 4.78 is 23.7. The zero-order valence-corrected chi connectivity index (χ0v) is 44.6. The molecule has 3 unspecified atom stereocenters. The predicted octanol–water partition coefficient (Wildman–Crippen LogP) is 16.6. The van der Waals surface area contributed by atoms with Crippen LogP contribution in [0.5, 0.6) is 0 Å². The normalized spacial score (nSPS) is 14.3. The number of likely N-dealkylation sites (N-methyl/N-ethyl adjacent to an activating group) is 1. The zero-order chi connectivity index (χ0) is 47.8. The van der Waals surface area contributed by atoms with E-state index in [4.69, 9.17) is 9.05 Å². The third-order valence-corrected chi connectivity index (χ3v) is 13.6. The van der Waals surface area contributed by atoms with Crippen molar-refractivity contribution in [3.05, 3.63) is 36.5 Å². The Kier molecular flexibility index (Phi) is 46.8. The number of hydrogen-bond acceptors (Lipinski definition) is 5. The van der Waals surface area contributed by atoms with Crippen LogP contribution in [0.2, 0.25) is 0 Å².